The zero-order valence-corrected chi connectivity index (χ0v) is 18.7. The molecule has 0 heterocycles. The molecule has 7 nitrogen and oxygen atoms in total. The number of nitrogens with one attached hydrogen (secondary N) is 1. The molecule has 0 aliphatic carbocycles. The van der Waals surface area contributed by atoms with Crippen LogP contribution >= 0.6 is 0 Å². The van der Waals surface area contributed by atoms with Crippen LogP contribution in [0.2, 0.25) is 0 Å². The van der Waals surface area contributed by atoms with Gasteiger partial charge in [-0.25, -0.2) is 0 Å². The lowest BCUT2D eigenvalue weighted by Crippen LogP contribution is -2.50. The van der Waals surface area contributed by atoms with Crippen LogP contribution in [0, 0.1) is 0 Å². The molecule has 1 atom stereocenters. The van der Waals surface area contributed by atoms with Crippen LogP contribution in [-0.2, 0) is 14.4 Å². The number of amides is 1. The molecule has 0 aromatic rings. The fourth-order valence-corrected chi connectivity index (χ4v) is 3.07. The van der Waals surface area contributed by atoms with Crippen molar-refractivity contribution >= 4 is 17.8 Å². The minimum absolute atomic E-state index is 0.155. The van der Waals surface area contributed by atoms with E-state index in [-0.39, 0.29) is 13.0 Å². The molecule has 0 rings (SSSR count). The van der Waals surface area contributed by atoms with E-state index in [1.807, 2.05) is 0 Å². The number of aliphatic hydroxyl groups excluding tert-OH is 1. The van der Waals surface area contributed by atoms with E-state index in [9.17, 15) is 24.6 Å². The minimum Gasteiger partial charge on any atom is -0.550 e. The van der Waals surface area contributed by atoms with Gasteiger partial charge in [0, 0.05) is 25.4 Å². The van der Waals surface area contributed by atoms with E-state index in [2.05, 4.69) is 29.6 Å². The fraction of sp³-hybridized carbons (Fsp3) is 0.708. The summed E-state index contributed by atoms with van der Waals surface area (Å²) in [6, 6.07) is -1.55. The quantitative estimate of drug-likeness (QED) is 0.208. The molecule has 0 aromatic heterocycles. The molecule has 0 bridgehead atoms. The second kappa shape index (κ2) is 21.1. The van der Waals surface area contributed by atoms with Crippen molar-refractivity contribution in [3.05, 3.63) is 24.3 Å². The highest BCUT2D eigenvalue weighted by Crippen LogP contribution is 2.09. The summed E-state index contributed by atoms with van der Waals surface area (Å²) < 4.78 is 0. The van der Waals surface area contributed by atoms with E-state index in [1.54, 1.807) is 0 Å². The van der Waals surface area contributed by atoms with E-state index in [1.165, 1.54) is 32.1 Å². The Hall–Kier alpha value is -2.15. The zero-order chi connectivity index (χ0) is 23.2. The van der Waals surface area contributed by atoms with Gasteiger partial charge in [0.15, 0.2) is 0 Å². The summed E-state index contributed by atoms with van der Waals surface area (Å²) in [7, 11) is 0. The Labute approximate surface area is 186 Å². The lowest BCUT2D eigenvalue weighted by molar-refractivity contribution is -0.317. The van der Waals surface area contributed by atoms with Gasteiger partial charge in [-0.2, -0.15) is 0 Å². The van der Waals surface area contributed by atoms with Crippen LogP contribution in [0.1, 0.15) is 96.3 Å². The van der Waals surface area contributed by atoms with Gasteiger partial charge in [-0.05, 0) is 64.2 Å². The van der Waals surface area contributed by atoms with E-state index >= 15 is 0 Å². The Morgan fingerprint density at radius 1 is 0.710 bits per heavy atom. The van der Waals surface area contributed by atoms with E-state index in [0.717, 1.165) is 44.9 Å². The summed E-state index contributed by atoms with van der Waals surface area (Å²) in [6.45, 7) is 0.284. The average Bonchev–Trinajstić information content (AvgIpc) is 2.72. The first-order valence-corrected chi connectivity index (χ1v) is 11.6. The SMILES string of the molecule is O=C([O-])C[C@H](NC(=O)CCCC/C=C\CCCCCCC/C=C\CCCCO)C(=O)[O-]. The van der Waals surface area contributed by atoms with Gasteiger partial charge < -0.3 is 30.2 Å². The number of carbonyl (C=O) groups excluding carboxylic acids is 3. The van der Waals surface area contributed by atoms with Crippen molar-refractivity contribution in [1.29, 1.82) is 0 Å². The number of hydrogen-bond donors (Lipinski definition) is 2. The van der Waals surface area contributed by atoms with Crippen molar-refractivity contribution in [2.24, 2.45) is 0 Å². The predicted octanol–water partition coefficient (Wildman–Crippen LogP) is 1.93. The molecule has 0 aliphatic heterocycles. The maximum absolute atomic E-state index is 11.7. The minimum atomic E-state index is -1.62. The van der Waals surface area contributed by atoms with Crippen LogP contribution < -0.4 is 15.5 Å². The Morgan fingerprint density at radius 2 is 1.16 bits per heavy atom. The van der Waals surface area contributed by atoms with Crippen molar-refractivity contribution in [2.75, 3.05) is 6.61 Å². The number of hydrogen-bond acceptors (Lipinski definition) is 6. The lowest BCUT2D eigenvalue weighted by atomic mass is 10.1. The molecule has 2 N–H and O–H groups in total. The van der Waals surface area contributed by atoms with Gasteiger partial charge in [0.05, 0.1) is 12.0 Å². The molecule has 0 fully saturated rings. The van der Waals surface area contributed by atoms with E-state index in [0.29, 0.717) is 6.42 Å². The third-order valence-corrected chi connectivity index (χ3v) is 4.87. The number of carbonyl (C=O) groups is 3. The van der Waals surface area contributed by atoms with Gasteiger partial charge in [0.25, 0.3) is 0 Å². The fourth-order valence-electron chi connectivity index (χ4n) is 3.07. The standard InChI is InChI=1S/C24H41NO6/c26-19-17-15-13-11-9-7-5-3-1-2-4-6-8-10-12-14-16-18-22(27)25-21(24(30)31)20-23(28)29/h8-11,21,26H,1-7,12-20H2,(H,25,27)(H,28,29)(H,30,31)/p-2/b10-8-,11-9-/t21-/m0/s1. The number of aliphatic carboxylic acids is 2. The maximum atomic E-state index is 11.7. The molecule has 0 spiro atoms. The summed E-state index contributed by atoms with van der Waals surface area (Å²) >= 11 is 0. The molecule has 0 aromatic carbocycles. The number of carboxylic acid groups (broad SMARTS) is 2. The number of rotatable bonds is 21. The summed E-state index contributed by atoms with van der Waals surface area (Å²) in [5.74, 6) is -3.66. The normalized spacial score (nSPS) is 12.4. The predicted molar refractivity (Wildman–Crippen MR) is 117 cm³/mol. The Morgan fingerprint density at radius 3 is 1.61 bits per heavy atom. The van der Waals surface area contributed by atoms with Crippen molar-refractivity contribution in [2.45, 2.75) is 102 Å². The Kier molecular flexibility index (Phi) is 19.6. The van der Waals surface area contributed by atoms with Gasteiger partial charge in [0.2, 0.25) is 5.91 Å². The third kappa shape index (κ3) is 20.9. The van der Waals surface area contributed by atoms with Crippen LogP contribution in [0.3, 0.4) is 0 Å². The molecule has 0 saturated carbocycles. The van der Waals surface area contributed by atoms with Gasteiger partial charge in [-0.3, -0.25) is 4.79 Å². The highest BCUT2D eigenvalue weighted by atomic mass is 16.4. The second-order valence-corrected chi connectivity index (χ2v) is 7.77. The zero-order valence-electron chi connectivity index (χ0n) is 18.7. The van der Waals surface area contributed by atoms with Crippen molar-refractivity contribution in [3.63, 3.8) is 0 Å². The molecule has 1 amide bonds. The van der Waals surface area contributed by atoms with Crippen LogP contribution in [0.15, 0.2) is 24.3 Å². The number of aliphatic hydroxyl groups is 1. The largest absolute Gasteiger partial charge is 0.550 e. The molecule has 178 valence electrons. The molecule has 7 heteroatoms. The first-order chi connectivity index (χ1) is 15.0. The van der Waals surface area contributed by atoms with Gasteiger partial charge in [0.1, 0.15) is 0 Å². The van der Waals surface area contributed by atoms with E-state index in [4.69, 9.17) is 5.11 Å². The summed E-state index contributed by atoms with van der Waals surface area (Å²) in [5.41, 5.74) is 0. The number of carboxylic acids is 2. The molecule has 0 radical (unpaired) electrons. The molecule has 0 unspecified atom stereocenters. The summed E-state index contributed by atoms with van der Waals surface area (Å²) in [6.07, 6.45) is 21.8. The highest BCUT2D eigenvalue weighted by Gasteiger charge is 2.13. The third-order valence-electron chi connectivity index (χ3n) is 4.87. The molecule has 31 heavy (non-hydrogen) atoms. The monoisotopic (exact) mass is 437 g/mol. The van der Waals surface area contributed by atoms with Crippen LogP contribution in [0.4, 0.5) is 0 Å². The van der Waals surface area contributed by atoms with Crippen LogP contribution in [0.25, 0.3) is 0 Å². The Bertz CT molecular complexity index is 544. The molecule has 0 saturated heterocycles. The number of allylic oxidation sites excluding steroid dienone is 4. The Balaban J connectivity index is 3.50. The summed E-state index contributed by atoms with van der Waals surface area (Å²) in [4.78, 5) is 32.9. The van der Waals surface area contributed by atoms with Crippen molar-refractivity contribution in [1.82, 2.24) is 5.32 Å². The van der Waals surface area contributed by atoms with E-state index < -0.39 is 30.3 Å². The average molecular weight is 438 g/mol. The van der Waals surface area contributed by atoms with Gasteiger partial charge >= 0.3 is 0 Å². The molecular weight excluding hydrogens is 398 g/mol. The first-order valence-electron chi connectivity index (χ1n) is 11.6. The van der Waals surface area contributed by atoms with Crippen molar-refractivity contribution < 1.29 is 29.7 Å². The highest BCUT2D eigenvalue weighted by molar-refractivity contribution is 5.85. The van der Waals surface area contributed by atoms with Crippen LogP contribution in [0.5, 0.6) is 0 Å². The maximum Gasteiger partial charge on any atom is 0.220 e. The second-order valence-electron chi connectivity index (χ2n) is 7.77. The smallest absolute Gasteiger partial charge is 0.220 e. The molecular formula is C24H39NO6-2. The first kappa shape index (κ1) is 28.9. The van der Waals surface area contributed by atoms with Crippen molar-refractivity contribution in [3.8, 4) is 0 Å². The summed E-state index contributed by atoms with van der Waals surface area (Å²) in [5, 5.41) is 32.1. The van der Waals surface area contributed by atoms with Crippen LogP contribution in [-0.4, -0.2) is 35.6 Å². The topological polar surface area (TPSA) is 130 Å². The lowest BCUT2D eigenvalue weighted by Gasteiger charge is -2.19. The number of unbranched alkanes of at least 4 members (excludes halogenated alkanes) is 10. The molecule has 0 aliphatic rings. The van der Waals surface area contributed by atoms with Gasteiger partial charge in [-0.15, -0.1) is 0 Å². The van der Waals surface area contributed by atoms with Gasteiger partial charge in [-0.1, -0.05) is 43.6 Å².